The van der Waals surface area contributed by atoms with Crippen molar-refractivity contribution in [1.29, 1.82) is 0 Å². The number of amides is 1. The molecule has 2 unspecified atom stereocenters. The maximum atomic E-state index is 13.7. The van der Waals surface area contributed by atoms with Crippen molar-refractivity contribution in [3.63, 3.8) is 0 Å². The van der Waals surface area contributed by atoms with Gasteiger partial charge in [-0.25, -0.2) is 0 Å². The third kappa shape index (κ3) is 3.95. The number of carbonyl (C=O) groups is 1. The van der Waals surface area contributed by atoms with Crippen molar-refractivity contribution >= 4 is 5.91 Å². The van der Waals surface area contributed by atoms with E-state index < -0.39 is 5.60 Å². The summed E-state index contributed by atoms with van der Waals surface area (Å²) in [5, 5.41) is 11.3. The van der Waals surface area contributed by atoms with Gasteiger partial charge >= 0.3 is 0 Å². The van der Waals surface area contributed by atoms with Crippen molar-refractivity contribution in [2.45, 2.75) is 120 Å². The molecule has 0 aromatic carbocycles. The summed E-state index contributed by atoms with van der Waals surface area (Å²) in [7, 11) is 0. The van der Waals surface area contributed by atoms with E-state index in [0.29, 0.717) is 43.1 Å². The van der Waals surface area contributed by atoms with E-state index in [0.717, 1.165) is 12.8 Å². The molecule has 1 N–H and O–H groups in total. The zero-order chi connectivity index (χ0) is 20.6. The van der Waals surface area contributed by atoms with E-state index in [2.05, 4.69) is 9.80 Å². The molecule has 0 radical (unpaired) electrons. The SMILES string of the molecule is O=C(CN1C2CCC1CC(O)(c1ccco1)C2)N(C1CCCCC1)C1CCCCC1. The van der Waals surface area contributed by atoms with Gasteiger partial charge in [-0.15, -0.1) is 0 Å². The number of fused-ring (bicyclic) bond motifs is 2. The summed E-state index contributed by atoms with van der Waals surface area (Å²) >= 11 is 0. The lowest BCUT2D eigenvalue weighted by atomic mass is 9.84. The number of nitrogens with zero attached hydrogens (tertiary/aromatic N) is 2. The Morgan fingerprint density at radius 2 is 1.53 bits per heavy atom. The lowest BCUT2D eigenvalue weighted by molar-refractivity contribution is -0.143. The molecule has 2 atom stereocenters. The number of piperidine rings is 1. The van der Waals surface area contributed by atoms with Gasteiger partial charge in [-0.1, -0.05) is 38.5 Å². The fourth-order valence-corrected chi connectivity index (χ4v) is 6.98. The van der Waals surface area contributed by atoms with E-state index in [4.69, 9.17) is 4.42 Å². The highest BCUT2D eigenvalue weighted by Gasteiger charge is 2.50. The predicted octanol–water partition coefficient (Wildman–Crippen LogP) is 4.59. The van der Waals surface area contributed by atoms with Crippen LogP contribution in [0.3, 0.4) is 0 Å². The fraction of sp³-hybridized carbons (Fsp3) is 0.800. The van der Waals surface area contributed by atoms with Crippen LogP contribution in [0.1, 0.15) is 95.7 Å². The molecule has 2 bridgehead atoms. The van der Waals surface area contributed by atoms with Crippen molar-refractivity contribution in [3.05, 3.63) is 24.2 Å². The Morgan fingerprint density at radius 3 is 2.03 bits per heavy atom. The molecule has 5 heteroatoms. The normalized spacial score (nSPS) is 33.6. The summed E-state index contributed by atoms with van der Waals surface area (Å²) in [4.78, 5) is 18.5. The van der Waals surface area contributed by atoms with Gasteiger partial charge in [0.15, 0.2) is 0 Å². The Balaban J connectivity index is 1.29. The Hall–Kier alpha value is -1.33. The topological polar surface area (TPSA) is 56.9 Å². The lowest BCUT2D eigenvalue weighted by Crippen LogP contribution is -2.56. The van der Waals surface area contributed by atoms with Crippen LogP contribution in [0.5, 0.6) is 0 Å². The van der Waals surface area contributed by atoms with Gasteiger partial charge in [-0.05, 0) is 63.5 Å². The molecular weight excluding hydrogens is 376 g/mol. The minimum absolute atomic E-state index is 0.280. The second kappa shape index (κ2) is 8.66. The molecule has 2 aliphatic carbocycles. The van der Waals surface area contributed by atoms with Gasteiger partial charge in [0.1, 0.15) is 11.4 Å². The van der Waals surface area contributed by atoms with E-state index in [1.54, 1.807) is 6.26 Å². The zero-order valence-electron chi connectivity index (χ0n) is 18.3. The first-order valence-electron chi connectivity index (χ1n) is 12.5. The van der Waals surface area contributed by atoms with Crippen LogP contribution >= 0.6 is 0 Å². The molecule has 3 heterocycles. The molecule has 0 spiro atoms. The van der Waals surface area contributed by atoms with E-state index in [9.17, 15) is 9.90 Å². The van der Waals surface area contributed by atoms with E-state index in [1.165, 1.54) is 64.2 Å². The summed E-state index contributed by atoms with van der Waals surface area (Å²) < 4.78 is 5.57. The first kappa shape index (κ1) is 20.6. The third-order valence-corrected chi connectivity index (χ3v) is 8.44. The molecule has 2 saturated carbocycles. The number of furan rings is 1. The highest BCUT2D eigenvalue weighted by Crippen LogP contribution is 2.46. The summed E-state index contributed by atoms with van der Waals surface area (Å²) in [6, 6.07) is 5.23. The number of hydrogen-bond acceptors (Lipinski definition) is 4. The molecule has 1 aromatic rings. The van der Waals surface area contributed by atoms with Crippen molar-refractivity contribution < 1.29 is 14.3 Å². The van der Waals surface area contributed by atoms with E-state index >= 15 is 0 Å². The first-order chi connectivity index (χ1) is 14.6. The molecule has 2 aliphatic heterocycles. The average Bonchev–Trinajstić information content (AvgIpc) is 3.39. The molecule has 2 saturated heterocycles. The fourth-order valence-electron chi connectivity index (χ4n) is 6.98. The van der Waals surface area contributed by atoms with Gasteiger partial charge in [0.2, 0.25) is 5.91 Å². The van der Waals surface area contributed by atoms with Crippen LogP contribution < -0.4 is 0 Å². The highest BCUT2D eigenvalue weighted by atomic mass is 16.4. The monoisotopic (exact) mass is 414 g/mol. The van der Waals surface area contributed by atoms with Gasteiger partial charge < -0.3 is 14.4 Å². The summed E-state index contributed by atoms with van der Waals surface area (Å²) in [6.45, 7) is 0.538. The molecule has 5 rings (SSSR count). The Labute approximate surface area is 180 Å². The Kier molecular flexibility index (Phi) is 5.94. The second-order valence-corrected chi connectivity index (χ2v) is 10.4. The number of hydrogen-bond donors (Lipinski definition) is 1. The summed E-state index contributed by atoms with van der Waals surface area (Å²) in [5.41, 5.74) is -0.874. The van der Waals surface area contributed by atoms with Crippen molar-refractivity contribution in [3.8, 4) is 0 Å². The minimum atomic E-state index is -0.874. The van der Waals surface area contributed by atoms with Crippen LogP contribution in [0.4, 0.5) is 0 Å². The number of aliphatic hydroxyl groups is 1. The molecule has 1 amide bonds. The molecule has 4 fully saturated rings. The number of rotatable bonds is 5. The van der Waals surface area contributed by atoms with Gasteiger partial charge in [-0.3, -0.25) is 9.69 Å². The summed E-state index contributed by atoms with van der Waals surface area (Å²) in [6.07, 6.45) is 17.6. The molecule has 166 valence electrons. The van der Waals surface area contributed by atoms with Crippen LogP contribution in [0.2, 0.25) is 0 Å². The van der Waals surface area contributed by atoms with Gasteiger partial charge in [0.05, 0.1) is 12.8 Å². The predicted molar refractivity (Wildman–Crippen MR) is 116 cm³/mol. The van der Waals surface area contributed by atoms with Gasteiger partial charge in [-0.2, -0.15) is 0 Å². The van der Waals surface area contributed by atoms with Crippen molar-refractivity contribution in [1.82, 2.24) is 9.80 Å². The lowest BCUT2D eigenvalue weighted by Gasteiger charge is -2.46. The Morgan fingerprint density at radius 1 is 0.967 bits per heavy atom. The van der Waals surface area contributed by atoms with Crippen LogP contribution in [-0.2, 0) is 10.4 Å². The molecule has 1 aromatic heterocycles. The van der Waals surface area contributed by atoms with Crippen LogP contribution in [0.25, 0.3) is 0 Å². The zero-order valence-corrected chi connectivity index (χ0v) is 18.3. The quantitative estimate of drug-likeness (QED) is 0.766. The maximum absolute atomic E-state index is 13.7. The minimum Gasteiger partial charge on any atom is -0.466 e. The van der Waals surface area contributed by atoms with Crippen molar-refractivity contribution in [2.24, 2.45) is 0 Å². The Bertz CT molecular complexity index is 674. The largest absolute Gasteiger partial charge is 0.466 e. The molecule has 5 nitrogen and oxygen atoms in total. The van der Waals surface area contributed by atoms with Crippen molar-refractivity contribution in [2.75, 3.05) is 6.54 Å². The van der Waals surface area contributed by atoms with Gasteiger partial charge in [0.25, 0.3) is 0 Å². The highest BCUT2D eigenvalue weighted by molar-refractivity contribution is 5.79. The van der Waals surface area contributed by atoms with E-state index in [-0.39, 0.29) is 12.1 Å². The molecule has 4 aliphatic rings. The molecule has 30 heavy (non-hydrogen) atoms. The van der Waals surface area contributed by atoms with Crippen LogP contribution in [0, 0.1) is 0 Å². The average molecular weight is 415 g/mol. The number of carbonyl (C=O) groups excluding carboxylic acids is 1. The summed E-state index contributed by atoms with van der Waals surface area (Å²) in [5.74, 6) is 1.05. The maximum Gasteiger partial charge on any atom is 0.237 e. The second-order valence-electron chi connectivity index (χ2n) is 10.4. The van der Waals surface area contributed by atoms with Crippen LogP contribution in [0.15, 0.2) is 22.8 Å². The standard InChI is InChI=1S/C25H38N2O3/c28-24(27(19-8-3-1-4-9-19)20-10-5-2-6-11-20)18-26-21-13-14-22(26)17-25(29,16-21)23-12-7-15-30-23/h7,12,15,19-22,29H,1-6,8-11,13-14,16-18H2. The van der Waals surface area contributed by atoms with Crippen LogP contribution in [-0.4, -0.2) is 51.5 Å². The first-order valence-corrected chi connectivity index (χ1v) is 12.5. The van der Waals surface area contributed by atoms with Gasteiger partial charge in [0, 0.05) is 24.2 Å². The third-order valence-electron chi connectivity index (χ3n) is 8.44. The molecular formula is C25H38N2O3. The van der Waals surface area contributed by atoms with E-state index in [1.807, 2.05) is 12.1 Å². The smallest absolute Gasteiger partial charge is 0.237 e.